The van der Waals surface area contributed by atoms with Crippen molar-refractivity contribution < 1.29 is 8.83 Å². The van der Waals surface area contributed by atoms with Crippen molar-refractivity contribution in [2.45, 2.75) is 0 Å². The Hall–Kier alpha value is -6.07. The lowest BCUT2D eigenvalue weighted by Gasteiger charge is -2.08. The number of rotatable bonds is 4. The highest BCUT2D eigenvalue weighted by Gasteiger charge is 2.18. The normalized spacial score (nSPS) is 11.6. The molecule has 0 fully saturated rings. The molecule has 5 heteroatoms. The molecule has 206 valence electrons. The maximum atomic E-state index is 6.64. The van der Waals surface area contributed by atoms with Crippen LogP contribution in [-0.2, 0) is 0 Å². The van der Waals surface area contributed by atoms with Gasteiger partial charge in [-0.2, -0.15) is 0 Å². The summed E-state index contributed by atoms with van der Waals surface area (Å²) in [4.78, 5) is 14.6. The fourth-order valence-electron chi connectivity index (χ4n) is 6.05. The van der Waals surface area contributed by atoms with Crippen LogP contribution in [0.15, 0.2) is 148 Å². The summed E-state index contributed by atoms with van der Waals surface area (Å²) >= 11 is 0. The van der Waals surface area contributed by atoms with Crippen LogP contribution >= 0.6 is 0 Å². The average molecular weight is 566 g/mol. The molecule has 0 aliphatic rings. The van der Waals surface area contributed by atoms with Gasteiger partial charge >= 0.3 is 0 Å². The monoisotopic (exact) mass is 565 g/mol. The first-order chi connectivity index (χ1) is 21.8. The van der Waals surface area contributed by atoms with Crippen molar-refractivity contribution in [3.63, 3.8) is 0 Å². The van der Waals surface area contributed by atoms with E-state index >= 15 is 0 Å². The molecule has 0 aliphatic heterocycles. The Labute approximate surface area is 252 Å². The van der Waals surface area contributed by atoms with Crippen molar-refractivity contribution in [1.29, 1.82) is 0 Å². The number of benzene rings is 6. The summed E-state index contributed by atoms with van der Waals surface area (Å²) in [5, 5.41) is 4.27. The number of hydrogen-bond donors (Lipinski definition) is 0. The van der Waals surface area contributed by atoms with Gasteiger partial charge in [0.1, 0.15) is 22.3 Å². The Kier molecular flexibility index (Phi) is 5.43. The molecule has 0 bridgehead atoms. The molecule has 0 radical (unpaired) electrons. The third-order valence-corrected chi connectivity index (χ3v) is 8.15. The number of nitrogens with zero attached hydrogens (tertiary/aromatic N) is 3. The van der Waals surface area contributed by atoms with Crippen molar-refractivity contribution in [1.82, 2.24) is 15.0 Å². The van der Waals surface area contributed by atoms with Gasteiger partial charge in [0.15, 0.2) is 17.5 Å². The zero-order valence-electron chi connectivity index (χ0n) is 23.4. The molecule has 9 aromatic rings. The van der Waals surface area contributed by atoms with Gasteiger partial charge in [0.2, 0.25) is 0 Å². The van der Waals surface area contributed by atoms with E-state index in [0.29, 0.717) is 17.5 Å². The third-order valence-electron chi connectivity index (χ3n) is 8.15. The van der Waals surface area contributed by atoms with E-state index in [1.807, 2.05) is 84.9 Å². The lowest BCUT2D eigenvalue weighted by Crippen LogP contribution is -2.00. The average Bonchev–Trinajstić information content (AvgIpc) is 3.67. The van der Waals surface area contributed by atoms with Crippen LogP contribution in [0.1, 0.15) is 0 Å². The SMILES string of the molecule is c1ccc(-c2nc(-c3ccccc3)nc(-c3ccc4c(c3)oc3c(-c5cccc6c5oc5ccccc56)cccc34)n2)cc1. The molecule has 0 atom stereocenters. The van der Waals surface area contributed by atoms with Crippen LogP contribution in [0.4, 0.5) is 0 Å². The molecule has 0 amide bonds. The Morgan fingerprint density at radius 1 is 0.341 bits per heavy atom. The summed E-state index contributed by atoms with van der Waals surface area (Å²) in [5.41, 5.74) is 8.03. The highest BCUT2D eigenvalue weighted by Crippen LogP contribution is 2.41. The summed E-state index contributed by atoms with van der Waals surface area (Å²) in [5.74, 6) is 1.84. The van der Waals surface area contributed by atoms with E-state index in [1.165, 1.54) is 0 Å². The largest absolute Gasteiger partial charge is 0.455 e. The molecule has 0 aliphatic carbocycles. The quantitative estimate of drug-likeness (QED) is 0.212. The number of hydrogen-bond acceptors (Lipinski definition) is 5. The zero-order chi connectivity index (χ0) is 29.0. The van der Waals surface area contributed by atoms with Crippen molar-refractivity contribution in [3.8, 4) is 45.3 Å². The van der Waals surface area contributed by atoms with Crippen molar-refractivity contribution in [3.05, 3.63) is 140 Å². The van der Waals surface area contributed by atoms with Gasteiger partial charge < -0.3 is 8.83 Å². The minimum Gasteiger partial charge on any atom is -0.455 e. The van der Waals surface area contributed by atoms with Crippen LogP contribution in [0.25, 0.3) is 89.2 Å². The van der Waals surface area contributed by atoms with Crippen LogP contribution in [0, 0.1) is 0 Å². The molecule has 5 nitrogen and oxygen atoms in total. The molecule has 0 spiro atoms. The van der Waals surface area contributed by atoms with Crippen LogP contribution in [0.3, 0.4) is 0 Å². The van der Waals surface area contributed by atoms with E-state index in [4.69, 9.17) is 23.8 Å². The maximum Gasteiger partial charge on any atom is 0.164 e. The van der Waals surface area contributed by atoms with Crippen LogP contribution in [0.5, 0.6) is 0 Å². The molecule has 0 saturated carbocycles. The van der Waals surface area contributed by atoms with Crippen LogP contribution in [0.2, 0.25) is 0 Å². The lowest BCUT2D eigenvalue weighted by molar-refractivity contribution is 0.665. The highest BCUT2D eigenvalue weighted by molar-refractivity contribution is 6.15. The van der Waals surface area contributed by atoms with Gasteiger partial charge in [-0.1, -0.05) is 121 Å². The second-order valence-electron chi connectivity index (χ2n) is 10.8. The second kappa shape index (κ2) is 9.75. The summed E-state index contributed by atoms with van der Waals surface area (Å²) < 4.78 is 13.0. The first kappa shape index (κ1) is 24.5. The molecule has 0 N–H and O–H groups in total. The second-order valence-corrected chi connectivity index (χ2v) is 10.8. The summed E-state index contributed by atoms with van der Waals surface area (Å²) in [6, 6.07) is 46.9. The first-order valence-corrected chi connectivity index (χ1v) is 14.5. The Balaban J connectivity index is 1.22. The predicted octanol–water partition coefficient (Wildman–Crippen LogP) is 10.3. The Morgan fingerprint density at radius 3 is 1.43 bits per heavy atom. The lowest BCUT2D eigenvalue weighted by atomic mass is 10.00. The zero-order valence-corrected chi connectivity index (χ0v) is 23.4. The minimum atomic E-state index is 0.590. The minimum absolute atomic E-state index is 0.590. The van der Waals surface area contributed by atoms with Gasteiger partial charge in [0, 0.05) is 49.4 Å². The van der Waals surface area contributed by atoms with Gasteiger partial charge in [-0.25, -0.2) is 15.0 Å². The van der Waals surface area contributed by atoms with E-state index in [0.717, 1.165) is 71.7 Å². The predicted molar refractivity (Wildman–Crippen MR) is 176 cm³/mol. The van der Waals surface area contributed by atoms with E-state index < -0.39 is 0 Å². The van der Waals surface area contributed by atoms with Crippen LogP contribution < -0.4 is 0 Å². The number of aromatic nitrogens is 3. The Morgan fingerprint density at radius 2 is 0.818 bits per heavy atom. The fourth-order valence-corrected chi connectivity index (χ4v) is 6.05. The molecule has 3 aromatic heterocycles. The van der Waals surface area contributed by atoms with Gasteiger partial charge in [0.25, 0.3) is 0 Å². The van der Waals surface area contributed by atoms with Gasteiger partial charge in [-0.05, 0) is 18.2 Å². The van der Waals surface area contributed by atoms with Gasteiger partial charge in [0.05, 0.1) is 0 Å². The Bertz CT molecular complexity index is 2440. The van der Waals surface area contributed by atoms with E-state index in [-0.39, 0.29) is 0 Å². The topological polar surface area (TPSA) is 65.0 Å². The third kappa shape index (κ3) is 3.91. The maximum absolute atomic E-state index is 6.64. The molecule has 44 heavy (non-hydrogen) atoms. The molecular formula is C39H23N3O2. The van der Waals surface area contributed by atoms with E-state index in [1.54, 1.807) is 0 Å². The number of fused-ring (bicyclic) bond motifs is 6. The smallest absolute Gasteiger partial charge is 0.164 e. The van der Waals surface area contributed by atoms with E-state index in [2.05, 4.69) is 54.6 Å². The molecule has 9 rings (SSSR count). The summed E-state index contributed by atoms with van der Waals surface area (Å²) in [6.45, 7) is 0. The standard InChI is InChI=1S/C39H23N3O2/c1-3-11-24(12-4-1)37-40-38(25-13-5-2-6-14-25)42-39(41-37)26-21-22-28-30-17-10-19-32(36(30)44-34(28)23-26)31-18-9-16-29-27-15-7-8-20-33(27)43-35(29)31/h1-23H. The molecule has 0 unspecified atom stereocenters. The molecule has 3 heterocycles. The number of furan rings is 2. The van der Waals surface area contributed by atoms with E-state index in [9.17, 15) is 0 Å². The fraction of sp³-hybridized carbons (Fsp3) is 0. The molecular weight excluding hydrogens is 542 g/mol. The van der Waals surface area contributed by atoms with Crippen molar-refractivity contribution >= 4 is 43.9 Å². The first-order valence-electron chi connectivity index (χ1n) is 14.5. The summed E-state index contributed by atoms with van der Waals surface area (Å²) in [6.07, 6.45) is 0. The molecule has 6 aromatic carbocycles. The number of para-hydroxylation sites is 3. The van der Waals surface area contributed by atoms with Gasteiger partial charge in [-0.3, -0.25) is 0 Å². The highest BCUT2D eigenvalue weighted by atomic mass is 16.3. The summed E-state index contributed by atoms with van der Waals surface area (Å²) in [7, 11) is 0. The van der Waals surface area contributed by atoms with Crippen molar-refractivity contribution in [2.24, 2.45) is 0 Å². The molecule has 0 saturated heterocycles. The van der Waals surface area contributed by atoms with Crippen LogP contribution in [-0.4, -0.2) is 15.0 Å². The van der Waals surface area contributed by atoms with Gasteiger partial charge in [-0.15, -0.1) is 0 Å². The van der Waals surface area contributed by atoms with Crippen molar-refractivity contribution in [2.75, 3.05) is 0 Å².